The van der Waals surface area contributed by atoms with E-state index >= 15 is 0 Å². The number of rotatable bonds is 6. The lowest BCUT2D eigenvalue weighted by molar-refractivity contribution is -0.132. The van der Waals surface area contributed by atoms with Crippen LogP contribution in [0.25, 0.3) is 0 Å². The number of nitrogens with zero attached hydrogens (tertiary/aromatic N) is 2. The van der Waals surface area contributed by atoms with E-state index < -0.39 is 0 Å². The summed E-state index contributed by atoms with van der Waals surface area (Å²) in [7, 11) is 0. The highest BCUT2D eigenvalue weighted by Crippen LogP contribution is 2.13. The zero-order valence-electron chi connectivity index (χ0n) is 13.9. The lowest BCUT2D eigenvalue weighted by atomic mass is 10.1. The highest BCUT2D eigenvalue weighted by molar-refractivity contribution is 6.30. The molecule has 0 atom stereocenters. The third-order valence-corrected chi connectivity index (χ3v) is 4.33. The molecule has 5 heteroatoms. The predicted octanol–water partition coefficient (Wildman–Crippen LogP) is 3.10. The Kier molecular flexibility index (Phi) is 6.60. The van der Waals surface area contributed by atoms with Gasteiger partial charge in [-0.25, -0.2) is 0 Å². The van der Waals surface area contributed by atoms with Gasteiger partial charge in [0.25, 0.3) is 0 Å². The van der Waals surface area contributed by atoms with E-state index in [-0.39, 0.29) is 24.5 Å². The van der Waals surface area contributed by atoms with Gasteiger partial charge in [-0.05, 0) is 30.2 Å². The second-order valence-electron chi connectivity index (χ2n) is 6.51. The fourth-order valence-electron chi connectivity index (χ4n) is 2.85. The number of Topliss-reactive ketones (excluding diaryl/α,β-unsaturated/α-hetero) is 1. The number of amides is 1. The van der Waals surface area contributed by atoms with Gasteiger partial charge in [-0.15, -0.1) is 0 Å². The van der Waals surface area contributed by atoms with Gasteiger partial charge in [0, 0.05) is 56.2 Å². The van der Waals surface area contributed by atoms with Crippen molar-refractivity contribution in [3.8, 4) is 0 Å². The molecule has 0 aliphatic carbocycles. The van der Waals surface area contributed by atoms with Crippen LogP contribution in [0.3, 0.4) is 0 Å². The Bertz CT molecular complexity index is 534. The maximum absolute atomic E-state index is 12.3. The van der Waals surface area contributed by atoms with E-state index in [1.807, 2.05) is 4.90 Å². The maximum Gasteiger partial charge on any atom is 0.223 e. The van der Waals surface area contributed by atoms with Crippen molar-refractivity contribution >= 4 is 23.3 Å². The molecule has 1 saturated heterocycles. The first-order valence-corrected chi connectivity index (χ1v) is 8.62. The highest BCUT2D eigenvalue weighted by Gasteiger charge is 2.21. The summed E-state index contributed by atoms with van der Waals surface area (Å²) in [4.78, 5) is 28.6. The van der Waals surface area contributed by atoms with Crippen molar-refractivity contribution in [1.82, 2.24) is 9.80 Å². The molecule has 4 nitrogen and oxygen atoms in total. The lowest BCUT2D eigenvalue weighted by Crippen LogP contribution is -2.49. The summed E-state index contributed by atoms with van der Waals surface area (Å²) in [5.41, 5.74) is 0.615. The summed E-state index contributed by atoms with van der Waals surface area (Å²) in [5.74, 6) is 0.721. The maximum atomic E-state index is 12.3. The smallest absolute Gasteiger partial charge is 0.223 e. The van der Waals surface area contributed by atoms with Crippen LogP contribution in [0.2, 0.25) is 5.02 Å². The van der Waals surface area contributed by atoms with E-state index in [1.165, 1.54) is 0 Å². The van der Waals surface area contributed by atoms with Gasteiger partial charge < -0.3 is 4.90 Å². The minimum Gasteiger partial charge on any atom is -0.340 e. The van der Waals surface area contributed by atoms with Crippen molar-refractivity contribution in [3.63, 3.8) is 0 Å². The standard InChI is InChI=1S/C18H25ClN2O2/c1-14(2)13-20-9-11-21(12-10-20)18(23)8-7-17(22)15-3-5-16(19)6-4-15/h3-6,14H,7-13H2,1-2H3. The normalized spacial score (nSPS) is 15.9. The number of halogens is 1. The highest BCUT2D eigenvalue weighted by atomic mass is 35.5. The van der Waals surface area contributed by atoms with Crippen LogP contribution in [-0.4, -0.2) is 54.2 Å². The predicted molar refractivity (Wildman–Crippen MR) is 92.9 cm³/mol. The van der Waals surface area contributed by atoms with Crippen LogP contribution in [0, 0.1) is 5.92 Å². The molecule has 1 aliphatic heterocycles. The van der Waals surface area contributed by atoms with Crippen molar-refractivity contribution in [3.05, 3.63) is 34.9 Å². The lowest BCUT2D eigenvalue weighted by Gasteiger charge is -2.35. The molecule has 0 spiro atoms. The Hall–Kier alpha value is -1.39. The summed E-state index contributed by atoms with van der Waals surface area (Å²) in [6.45, 7) is 8.88. The van der Waals surface area contributed by atoms with Crippen molar-refractivity contribution in [1.29, 1.82) is 0 Å². The molecule has 23 heavy (non-hydrogen) atoms. The second-order valence-corrected chi connectivity index (χ2v) is 6.94. The number of carbonyl (C=O) groups excluding carboxylic acids is 2. The largest absolute Gasteiger partial charge is 0.340 e. The molecule has 0 unspecified atom stereocenters. The van der Waals surface area contributed by atoms with Gasteiger partial charge in [0.2, 0.25) is 5.91 Å². The van der Waals surface area contributed by atoms with Crippen LogP contribution < -0.4 is 0 Å². The van der Waals surface area contributed by atoms with Gasteiger partial charge >= 0.3 is 0 Å². The molecule has 1 aromatic rings. The summed E-state index contributed by atoms with van der Waals surface area (Å²) in [5, 5.41) is 0.608. The van der Waals surface area contributed by atoms with Crippen LogP contribution in [-0.2, 0) is 4.79 Å². The summed E-state index contributed by atoms with van der Waals surface area (Å²) in [6, 6.07) is 6.81. The fourth-order valence-corrected chi connectivity index (χ4v) is 2.98. The van der Waals surface area contributed by atoms with Gasteiger partial charge in [-0.2, -0.15) is 0 Å². The monoisotopic (exact) mass is 336 g/mol. The van der Waals surface area contributed by atoms with Crippen LogP contribution in [0.15, 0.2) is 24.3 Å². The number of benzene rings is 1. The summed E-state index contributed by atoms with van der Waals surface area (Å²) < 4.78 is 0. The molecule has 1 amide bonds. The van der Waals surface area contributed by atoms with Gasteiger partial charge in [0.05, 0.1) is 0 Å². The zero-order chi connectivity index (χ0) is 16.8. The van der Waals surface area contributed by atoms with Gasteiger partial charge in [-0.1, -0.05) is 25.4 Å². The van der Waals surface area contributed by atoms with Gasteiger partial charge in [-0.3, -0.25) is 14.5 Å². The molecule has 1 heterocycles. The Labute approximate surface area is 143 Å². The van der Waals surface area contributed by atoms with E-state index in [9.17, 15) is 9.59 Å². The molecule has 1 aliphatic rings. The van der Waals surface area contributed by atoms with Crippen LogP contribution in [0.1, 0.15) is 37.0 Å². The average molecular weight is 337 g/mol. The minimum absolute atomic E-state index is 0.00606. The minimum atomic E-state index is -0.00606. The first-order valence-electron chi connectivity index (χ1n) is 8.24. The van der Waals surface area contributed by atoms with E-state index in [0.29, 0.717) is 16.5 Å². The molecule has 0 aromatic heterocycles. The molecule has 2 rings (SSSR count). The Morgan fingerprint density at radius 1 is 1.04 bits per heavy atom. The fraction of sp³-hybridized carbons (Fsp3) is 0.556. The SMILES string of the molecule is CC(C)CN1CCN(C(=O)CCC(=O)c2ccc(Cl)cc2)CC1. The van der Waals surface area contributed by atoms with E-state index in [1.54, 1.807) is 24.3 Å². The second kappa shape index (κ2) is 8.46. The third kappa shape index (κ3) is 5.63. The molecular formula is C18H25ClN2O2. The molecule has 0 N–H and O–H groups in total. The van der Waals surface area contributed by atoms with E-state index in [4.69, 9.17) is 11.6 Å². The Morgan fingerprint density at radius 3 is 2.22 bits per heavy atom. The quantitative estimate of drug-likeness (QED) is 0.749. The van der Waals surface area contributed by atoms with E-state index in [0.717, 1.165) is 32.7 Å². The van der Waals surface area contributed by atoms with Gasteiger partial charge in [0.1, 0.15) is 0 Å². The Balaban J connectivity index is 1.75. The Morgan fingerprint density at radius 2 is 1.65 bits per heavy atom. The number of piperazine rings is 1. The molecular weight excluding hydrogens is 312 g/mol. The first kappa shape index (κ1) is 18.0. The zero-order valence-corrected chi connectivity index (χ0v) is 14.7. The van der Waals surface area contributed by atoms with Gasteiger partial charge in [0.15, 0.2) is 5.78 Å². The first-order chi connectivity index (χ1) is 11.0. The van der Waals surface area contributed by atoms with Crippen molar-refractivity contribution in [2.45, 2.75) is 26.7 Å². The number of carbonyl (C=O) groups is 2. The van der Waals surface area contributed by atoms with Crippen molar-refractivity contribution in [2.24, 2.45) is 5.92 Å². The van der Waals surface area contributed by atoms with Crippen molar-refractivity contribution < 1.29 is 9.59 Å². The summed E-state index contributed by atoms with van der Waals surface area (Å²) >= 11 is 5.81. The van der Waals surface area contributed by atoms with Crippen molar-refractivity contribution in [2.75, 3.05) is 32.7 Å². The molecule has 1 aromatic carbocycles. The average Bonchev–Trinajstić information content (AvgIpc) is 2.53. The van der Waals surface area contributed by atoms with E-state index in [2.05, 4.69) is 18.7 Å². The topological polar surface area (TPSA) is 40.6 Å². The summed E-state index contributed by atoms with van der Waals surface area (Å²) in [6.07, 6.45) is 0.540. The number of ketones is 1. The van der Waals surface area contributed by atoms with Crippen LogP contribution in [0.5, 0.6) is 0 Å². The molecule has 0 radical (unpaired) electrons. The van der Waals surface area contributed by atoms with Crippen LogP contribution >= 0.6 is 11.6 Å². The number of hydrogen-bond donors (Lipinski definition) is 0. The molecule has 0 saturated carbocycles. The molecule has 0 bridgehead atoms. The third-order valence-electron chi connectivity index (χ3n) is 4.08. The number of hydrogen-bond acceptors (Lipinski definition) is 3. The molecule has 1 fully saturated rings. The van der Waals surface area contributed by atoms with Crippen LogP contribution in [0.4, 0.5) is 0 Å². The molecule has 126 valence electrons.